The molecule has 2 heteroatoms. The molecule has 0 fully saturated rings. The van der Waals surface area contributed by atoms with Crippen molar-refractivity contribution in [2.45, 2.75) is 142 Å². The van der Waals surface area contributed by atoms with Gasteiger partial charge in [-0.2, -0.15) is 0 Å². The molecule has 0 atom stereocenters. The molecule has 2 nitrogen and oxygen atoms in total. The monoisotopic (exact) mass is 426 g/mol. The smallest absolute Gasteiger partial charge is 0.0931 e. The summed E-state index contributed by atoms with van der Waals surface area (Å²) in [5, 5.41) is 0. The summed E-state index contributed by atoms with van der Waals surface area (Å²) in [5.74, 6) is 0. The first-order chi connectivity index (χ1) is 15.3. The molecule has 0 unspecified atom stereocenters. The molecular weight excluding hydrogens is 376 g/mol. The minimum absolute atomic E-state index is 1.14. The molecule has 0 saturated heterocycles. The highest BCUT2D eigenvalue weighted by Crippen LogP contribution is 2.22. The average molecular weight is 427 g/mol. The van der Waals surface area contributed by atoms with E-state index in [9.17, 15) is 0 Å². The Morgan fingerprint density at radius 1 is 0.548 bits per heavy atom. The van der Waals surface area contributed by atoms with Gasteiger partial charge in [0.1, 0.15) is 0 Å². The topological polar surface area (TPSA) is 28.7 Å². The molecule has 2 rings (SSSR count). The number of aromatic amines is 1. The van der Waals surface area contributed by atoms with Crippen molar-refractivity contribution in [3.8, 4) is 0 Å². The third kappa shape index (κ3) is 11.2. The van der Waals surface area contributed by atoms with E-state index in [-0.39, 0.29) is 0 Å². The van der Waals surface area contributed by atoms with Crippen LogP contribution in [0.2, 0.25) is 0 Å². The first-order valence-corrected chi connectivity index (χ1v) is 13.8. The van der Waals surface area contributed by atoms with Crippen LogP contribution in [0.1, 0.15) is 141 Å². The van der Waals surface area contributed by atoms with Gasteiger partial charge in [0.15, 0.2) is 0 Å². The van der Waals surface area contributed by atoms with Crippen molar-refractivity contribution >= 4 is 11.0 Å². The number of H-pyrrole nitrogens is 1. The lowest BCUT2D eigenvalue weighted by Crippen LogP contribution is -1.96. The summed E-state index contributed by atoms with van der Waals surface area (Å²) in [6.07, 6.45) is 29.5. The van der Waals surface area contributed by atoms with Crippen molar-refractivity contribution in [1.29, 1.82) is 0 Å². The predicted molar refractivity (Wildman–Crippen MR) is 138 cm³/mol. The molecule has 1 aromatic heterocycles. The lowest BCUT2D eigenvalue weighted by Gasteiger charge is -2.11. The largest absolute Gasteiger partial charge is 0.345 e. The lowest BCUT2D eigenvalue weighted by atomic mass is 9.95. The number of nitrogens with zero attached hydrogens (tertiary/aromatic N) is 1. The van der Waals surface area contributed by atoms with Crippen molar-refractivity contribution in [3.05, 3.63) is 29.6 Å². The Kier molecular flexibility index (Phi) is 14.5. The van der Waals surface area contributed by atoms with Gasteiger partial charge in [-0.05, 0) is 48.9 Å². The second kappa shape index (κ2) is 17.3. The normalized spacial score (nSPS) is 11.5. The number of hydrogen-bond donors (Lipinski definition) is 1. The van der Waals surface area contributed by atoms with Crippen LogP contribution in [0.3, 0.4) is 0 Å². The van der Waals surface area contributed by atoms with Gasteiger partial charge >= 0.3 is 0 Å². The molecule has 0 aliphatic heterocycles. The Hall–Kier alpha value is -1.31. The van der Waals surface area contributed by atoms with E-state index in [1.54, 1.807) is 11.1 Å². The Morgan fingerprint density at radius 2 is 0.968 bits per heavy atom. The van der Waals surface area contributed by atoms with E-state index in [1.807, 2.05) is 6.33 Å². The molecule has 0 aliphatic carbocycles. The number of nitrogens with one attached hydrogen (secondary N) is 1. The van der Waals surface area contributed by atoms with Crippen LogP contribution in [0.4, 0.5) is 0 Å². The van der Waals surface area contributed by atoms with Crippen LogP contribution in [0.15, 0.2) is 18.5 Å². The number of hydrogen-bond acceptors (Lipinski definition) is 1. The van der Waals surface area contributed by atoms with Crippen LogP contribution in [0.5, 0.6) is 0 Å². The van der Waals surface area contributed by atoms with E-state index < -0.39 is 0 Å². The number of fused-ring (bicyclic) bond motifs is 1. The third-order valence-electron chi connectivity index (χ3n) is 6.84. The highest BCUT2D eigenvalue weighted by molar-refractivity contribution is 5.76. The summed E-state index contributed by atoms with van der Waals surface area (Å²) in [7, 11) is 0. The van der Waals surface area contributed by atoms with Gasteiger partial charge in [-0.3, -0.25) is 0 Å². The van der Waals surface area contributed by atoms with Gasteiger partial charge in [0, 0.05) is 0 Å². The van der Waals surface area contributed by atoms with E-state index in [0.29, 0.717) is 0 Å². The summed E-state index contributed by atoms with van der Waals surface area (Å²) in [4.78, 5) is 7.83. The van der Waals surface area contributed by atoms with Gasteiger partial charge in [-0.15, -0.1) is 0 Å². The second-order valence-electron chi connectivity index (χ2n) is 9.70. The highest BCUT2D eigenvalue weighted by atomic mass is 14.9. The number of imidazole rings is 1. The van der Waals surface area contributed by atoms with Crippen LogP contribution in [-0.2, 0) is 12.8 Å². The van der Waals surface area contributed by atoms with Crippen LogP contribution in [-0.4, -0.2) is 9.97 Å². The summed E-state index contributed by atoms with van der Waals surface area (Å²) >= 11 is 0. The van der Waals surface area contributed by atoms with Crippen LogP contribution in [0.25, 0.3) is 11.0 Å². The summed E-state index contributed by atoms with van der Waals surface area (Å²) in [5.41, 5.74) is 5.48. The quantitative estimate of drug-likeness (QED) is 0.210. The minimum atomic E-state index is 1.14. The molecule has 2 aromatic rings. The van der Waals surface area contributed by atoms with E-state index in [4.69, 9.17) is 0 Å². The number of unbranched alkanes of at least 4 members (excludes halogenated alkanes) is 16. The van der Waals surface area contributed by atoms with Crippen LogP contribution in [0, 0.1) is 0 Å². The molecule has 1 heterocycles. The van der Waals surface area contributed by atoms with Crippen molar-refractivity contribution in [3.63, 3.8) is 0 Å². The van der Waals surface area contributed by atoms with E-state index in [2.05, 4.69) is 35.9 Å². The Morgan fingerprint density at radius 3 is 1.45 bits per heavy atom. The first kappa shape index (κ1) is 25.9. The Labute approximate surface area is 193 Å². The molecule has 0 aliphatic rings. The third-order valence-corrected chi connectivity index (χ3v) is 6.84. The molecule has 0 amide bonds. The maximum atomic E-state index is 4.51. The fraction of sp³-hybridized carbons (Fsp3) is 0.759. The maximum absolute atomic E-state index is 4.51. The van der Waals surface area contributed by atoms with Crippen LogP contribution < -0.4 is 0 Å². The molecule has 0 radical (unpaired) electrons. The fourth-order valence-corrected chi connectivity index (χ4v) is 4.79. The molecule has 176 valence electrons. The van der Waals surface area contributed by atoms with Crippen LogP contribution >= 0.6 is 0 Å². The summed E-state index contributed by atoms with van der Waals surface area (Å²) in [6.45, 7) is 4.59. The predicted octanol–water partition coefficient (Wildman–Crippen LogP) is 9.71. The Balaban J connectivity index is 1.67. The van der Waals surface area contributed by atoms with E-state index >= 15 is 0 Å². The standard InChI is InChI=1S/C29H50N2/c1-3-5-7-9-11-13-15-17-19-21-26-23-28-29(31-25-30-28)24-27(26)22-20-18-16-14-12-10-8-6-4-2/h23-25H,3-22H2,1-2H3,(H,30,31). The lowest BCUT2D eigenvalue weighted by molar-refractivity contribution is 0.561. The van der Waals surface area contributed by atoms with E-state index in [1.165, 1.54) is 134 Å². The number of benzene rings is 1. The van der Waals surface area contributed by atoms with Gasteiger partial charge in [0.2, 0.25) is 0 Å². The average Bonchev–Trinajstić information content (AvgIpc) is 3.24. The number of aryl methyl sites for hydroxylation is 2. The van der Waals surface area contributed by atoms with Gasteiger partial charge in [0.25, 0.3) is 0 Å². The molecule has 1 aromatic carbocycles. The van der Waals surface area contributed by atoms with Crippen molar-refractivity contribution in [2.75, 3.05) is 0 Å². The summed E-state index contributed by atoms with van der Waals surface area (Å²) in [6, 6.07) is 4.75. The molecule has 31 heavy (non-hydrogen) atoms. The first-order valence-electron chi connectivity index (χ1n) is 13.8. The molecule has 1 N–H and O–H groups in total. The zero-order valence-corrected chi connectivity index (χ0v) is 20.8. The second-order valence-corrected chi connectivity index (χ2v) is 9.70. The summed E-state index contributed by atoms with van der Waals surface area (Å²) < 4.78 is 0. The van der Waals surface area contributed by atoms with E-state index in [0.717, 1.165) is 5.52 Å². The zero-order chi connectivity index (χ0) is 22.0. The molecule has 0 saturated carbocycles. The molecular formula is C29H50N2. The minimum Gasteiger partial charge on any atom is -0.345 e. The number of rotatable bonds is 20. The zero-order valence-electron chi connectivity index (χ0n) is 20.8. The molecule has 0 spiro atoms. The fourth-order valence-electron chi connectivity index (χ4n) is 4.79. The SMILES string of the molecule is CCCCCCCCCCCc1cc2nc[nH]c2cc1CCCCCCCCCCC. The number of aromatic nitrogens is 2. The van der Waals surface area contributed by atoms with Gasteiger partial charge in [-0.1, -0.05) is 117 Å². The van der Waals surface area contributed by atoms with Crippen molar-refractivity contribution < 1.29 is 0 Å². The Bertz CT molecular complexity index is 616. The van der Waals surface area contributed by atoms with Gasteiger partial charge < -0.3 is 4.98 Å². The van der Waals surface area contributed by atoms with Crippen molar-refractivity contribution in [1.82, 2.24) is 9.97 Å². The van der Waals surface area contributed by atoms with Crippen molar-refractivity contribution in [2.24, 2.45) is 0 Å². The highest BCUT2D eigenvalue weighted by Gasteiger charge is 2.07. The van der Waals surface area contributed by atoms with Gasteiger partial charge in [-0.25, -0.2) is 4.98 Å². The maximum Gasteiger partial charge on any atom is 0.0931 e. The molecule has 0 bridgehead atoms. The van der Waals surface area contributed by atoms with Gasteiger partial charge in [0.05, 0.1) is 17.4 Å².